The van der Waals surface area contributed by atoms with E-state index >= 15 is 0 Å². The molecule has 3 heterocycles. The van der Waals surface area contributed by atoms with E-state index < -0.39 is 29.4 Å². The van der Waals surface area contributed by atoms with Crippen molar-refractivity contribution in [2.75, 3.05) is 0 Å². The number of aliphatic hydroxyl groups is 1. The van der Waals surface area contributed by atoms with E-state index in [2.05, 4.69) is 16.6 Å². The zero-order valence-electron chi connectivity index (χ0n) is 18.3. The maximum atomic E-state index is 14.3. The first-order valence-corrected chi connectivity index (χ1v) is 10.9. The van der Waals surface area contributed by atoms with Crippen LogP contribution >= 0.6 is 0 Å². The summed E-state index contributed by atoms with van der Waals surface area (Å²) in [5.41, 5.74) is -0.106. The molecule has 9 heteroatoms. The Morgan fingerprint density at radius 2 is 1.94 bits per heavy atom. The molecule has 1 aromatic heterocycles. The van der Waals surface area contributed by atoms with Crippen LogP contribution in [0.25, 0.3) is 10.9 Å². The number of benzene rings is 1. The molecule has 2 N–H and O–H groups in total. The first-order chi connectivity index (χ1) is 14.8. The van der Waals surface area contributed by atoms with Crippen LogP contribution in [0.2, 0.25) is 0 Å². The summed E-state index contributed by atoms with van der Waals surface area (Å²) >= 11 is 0. The SMILES string of the molecule is CC1CC2CC(C)(O)CC(C1)N2C(=O)CC(C)c1c[nH]c2ccc(F)c(OC(F)(F)F)c12. The van der Waals surface area contributed by atoms with Gasteiger partial charge in [-0.05, 0) is 62.1 Å². The summed E-state index contributed by atoms with van der Waals surface area (Å²) in [5.74, 6) is -2.10. The Kier molecular flexibility index (Phi) is 5.68. The molecule has 2 aromatic rings. The monoisotopic (exact) mass is 456 g/mol. The van der Waals surface area contributed by atoms with E-state index in [1.807, 2.05) is 4.90 Å². The van der Waals surface area contributed by atoms with Crippen molar-refractivity contribution in [1.82, 2.24) is 9.88 Å². The van der Waals surface area contributed by atoms with Gasteiger partial charge in [-0.2, -0.15) is 0 Å². The summed E-state index contributed by atoms with van der Waals surface area (Å²) in [7, 11) is 0. The van der Waals surface area contributed by atoms with Crippen molar-refractivity contribution < 1.29 is 32.2 Å². The van der Waals surface area contributed by atoms with Crippen molar-refractivity contribution in [1.29, 1.82) is 0 Å². The van der Waals surface area contributed by atoms with E-state index in [1.165, 1.54) is 12.3 Å². The van der Waals surface area contributed by atoms with Crippen molar-refractivity contribution in [2.24, 2.45) is 5.92 Å². The van der Waals surface area contributed by atoms with Gasteiger partial charge in [-0.15, -0.1) is 13.2 Å². The Labute approximate surface area is 183 Å². The Morgan fingerprint density at radius 1 is 1.31 bits per heavy atom. The Hall–Kier alpha value is -2.29. The number of amides is 1. The van der Waals surface area contributed by atoms with Crippen LogP contribution in [-0.4, -0.2) is 44.9 Å². The highest BCUT2D eigenvalue weighted by atomic mass is 19.4. The third-order valence-electron chi connectivity index (χ3n) is 6.79. The molecule has 2 fully saturated rings. The molecule has 3 atom stereocenters. The second-order valence-corrected chi connectivity index (χ2v) is 9.79. The molecule has 32 heavy (non-hydrogen) atoms. The molecule has 0 spiro atoms. The van der Waals surface area contributed by atoms with Crippen LogP contribution in [0, 0.1) is 11.7 Å². The third kappa shape index (κ3) is 4.44. The van der Waals surface area contributed by atoms with Gasteiger partial charge >= 0.3 is 6.36 Å². The number of H-pyrrole nitrogens is 1. The molecule has 3 unspecified atom stereocenters. The lowest BCUT2D eigenvalue weighted by atomic mass is 9.73. The summed E-state index contributed by atoms with van der Waals surface area (Å²) in [6, 6.07) is 2.15. The predicted octanol–water partition coefficient (Wildman–Crippen LogP) is 5.24. The average molecular weight is 456 g/mol. The lowest BCUT2D eigenvalue weighted by Gasteiger charge is -2.53. The molecule has 0 aliphatic carbocycles. The number of carbonyl (C=O) groups excluding carboxylic acids is 1. The first-order valence-electron chi connectivity index (χ1n) is 10.9. The quantitative estimate of drug-likeness (QED) is 0.619. The van der Waals surface area contributed by atoms with E-state index in [0.29, 0.717) is 29.8 Å². The van der Waals surface area contributed by atoms with Crippen LogP contribution in [0.1, 0.15) is 64.4 Å². The van der Waals surface area contributed by atoms with Crippen molar-refractivity contribution in [3.05, 3.63) is 29.7 Å². The van der Waals surface area contributed by atoms with E-state index in [0.717, 1.165) is 18.9 Å². The van der Waals surface area contributed by atoms with E-state index in [-0.39, 0.29) is 29.8 Å². The van der Waals surface area contributed by atoms with Crippen molar-refractivity contribution in [3.63, 3.8) is 0 Å². The molecule has 4 rings (SSSR count). The summed E-state index contributed by atoms with van der Waals surface area (Å²) in [6.07, 6.45) is -0.815. The number of piperidine rings is 2. The Bertz CT molecular complexity index is 999. The lowest BCUT2D eigenvalue weighted by molar-refractivity contribution is -0.275. The van der Waals surface area contributed by atoms with E-state index in [4.69, 9.17) is 0 Å². The molecule has 0 radical (unpaired) electrons. The minimum Gasteiger partial charge on any atom is -0.402 e. The maximum absolute atomic E-state index is 14.3. The van der Waals surface area contributed by atoms with Gasteiger partial charge in [-0.25, -0.2) is 4.39 Å². The molecule has 0 saturated carbocycles. The lowest BCUT2D eigenvalue weighted by Crippen LogP contribution is -2.60. The second kappa shape index (κ2) is 7.93. The molecule has 5 nitrogen and oxygen atoms in total. The topological polar surface area (TPSA) is 65.6 Å². The molecular formula is C23H28F4N2O3. The van der Waals surface area contributed by atoms with Crippen molar-refractivity contribution >= 4 is 16.8 Å². The number of carbonyl (C=O) groups is 1. The Balaban J connectivity index is 1.60. The number of rotatable bonds is 4. The molecule has 2 aliphatic heterocycles. The van der Waals surface area contributed by atoms with Crippen molar-refractivity contribution in [2.45, 2.75) is 82.8 Å². The first kappa shape index (κ1) is 22.9. The summed E-state index contributed by atoms with van der Waals surface area (Å²) < 4.78 is 56.9. The van der Waals surface area contributed by atoms with Gasteiger partial charge in [-0.3, -0.25) is 4.79 Å². The third-order valence-corrected chi connectivity index (χ3v) is 6.79. The van der Waals surface area contributed by atoms with Gasteiger partial charge in [0.15, 0.2) is 11.6 Å². The van der Waals surface area contributed by atoms with E-state index in [1.54, 1.807) is 13.8 Å². The number of nitrogens with one attached hydrogen (secondary N) is 1. The van der Waals surface area contributed by atoms with Crippen LogP contribution < -0.4 is 4.74 Å². The molecule has 2 bridgehead atoms. The van der Waals surface area contributed by atoms with Crippen LogP contribution in [0.3, 0.4) is 0 Å². The van der Waals surface area contributed by atoms with Crippen LogP contribution in [-0.2, 0) is 4.79 Å². The number of aromatic nitrogens is 1. The van der Waals surface area contributed by atoms with Gasteiger partial charge in [0.25, 0.3) is 0 Å². The fourth-order valence-electron chi connectivity index (χ4n) is 5.69. The van der Waals surface area contributed by atoms with Gasteiger partial charge in [0.05, 0.1) is 5.60 Å². The molecule has 2 saturated heterocycles. The second-order valence-electron chi connectivity index (χ2n) is 9.79. The fourth-order valence-corrected chi connectivity index (χ4v) is 5.69. The molecule has 2 aliphatic rings. The van der Waals surface area contributed by atoms with Crippen LogP contribution in [0.4, 0.5) is 17.6 Å². The number of hydrogen-bond acceptors (Lipinski definition) is 3. The van der Waals surface area contributed by atoms with Gasteiger partial charge < -0.3 is 19.7 Å². The van der Waals surface area contributed by atoms with Crippen LogP contribution in [0.5, 0.6) is 5.75 Å². The number of ether oxygens (including phenoxy) is 1. The summed E-state index contributed by atoms with van der Waals surface area (Å²) in [4.78, 5) is 18.0. The summed E-state index contributed by atoms with van der Waals surface area (Å²) in [6.45, 7) is 5.69. The van der Waals surface area contributed by atoms with Gasteiger partial charge in [-0.1, -0.05) is 13.8 Å². The number of hydrogen-bond donors (Lipinski definition) is 2. The zero-order chi connectivity index (χ0) is 23.4. The maximum Gasteiger partial charge on any atom is 0.573 e. The number of halogens is 4. The fraction of sp³-hybridized carbons (Fsp3) is 0.609. The molecule has 176 valence electrons. The van der Waals surface area contributed by atoms with Gasteiger partial charge in [0.2, 0.25) is 5.91 Å². The number of aromatic amines is 1. The number of fused-ring (bicyclic) bond motifs is 3. The van der Waals surface area contributed by atoms with Gasteiger partial charge in [0.1, 0.15) is 0 Å². The summed E-state index contributed by atoms with van der Waals surface area (Å²) in [5, 5.41) is 10.6. The zero-order valence-corrected chi connectivity index (χ0v) is 18.3. The van der Waals surface area contributed by atoms with Crippen molar-refractivity contribution in [3.8, 4) is 5.75 Å². The molecule has 1 aromatic carbocycles. The number of nitrogens with zero attached hydrogens (tertiary/aromatic N) is 1. The molecular weight excluding hydrogens is 428 g/mol. The minimum atomic E-state index is -5.04. The highest BCUT2D eigenvalue weighted by Gasteiger charge is 2.47. The standard InChI is InChI=1S/C23H28F4N2O3/c1-12-6-14-9-22(3,31)10-15(7-12)29(14)19(30)8-13(2)16-11-28-18-5-4-17(24)21(20(16)18)32-23(25,26)27/h4-5,11-15,28,31H,6-10H2,1-3H3. The average Bonchev–Trinajstić information content (AvgIpc) is 3.05. The molecule has 1 amide bonds. The highest BCUT2D eigenvalue weighted by molar-refractivity contribution is 5.91. The van der Waals surface area contributed by atoms with Gasteiger partial charge in [0, 0.05) is 35.6 Å². The minimum absolute atomic E-state index is 0.00183. The highest BCUT2D eigenvalue weighted by Crippen LogP contribution is 2.43. The normalized spacial score (nSPS) is 29.2. The van der Waals surface area contributed by atoms with E-state index in [9.17, 15) is 27.5 Å². The largest absolute Gasteiger partial charge is 0.573 e. The Morgan fingerprint density at radius 3 is 2.53 bits per heavy atom. The predicted molar refractivity (Wildman–Crippen MR) is 111 cm³/mol. The smallest absolute Gasteiger partial charge is 0.402 e. The number of alkyl halides is 3. The van der Waals surface area contributed by atoms with Crippen LogP contribution in [0.15, 0.2) is 18.3 Å².